The lowest BCUT2D eigenvalue weighted by Crippen LogP contribution is -2.51. The normalized spacial score (nSPS) is 34.8. The third-order valence-electron chi connectivity index (χ3n) is 6.37. The monoisotopic (exact) mass is 341 g/mol. The smallest absolute Gasteiger partial charge is 0.249 e. The molecule has 3 unspecified atom stereocenters. The minimum atomic E-state index is -0.386. The fraction of sp³-hybridized carbons (Fsp3) is 0.600. The van der Waals surface area contributed by atoms with E-state index in [4.69, 9.17) is 5.73 Å². The van der Waals surface area contributed by atoms with E-state index in [0.29, 0.717) is 24.8 Å². The van der Waals surface area contributed by atoms with Gasteiger partial charge in [0.2, 0.25) is 11.8 Å². The summed E-state index contributed by atoms with van der Waals surface area (Å²) in [7, 11) is 0. The van der Waals surface area contributed by atoms with E-state index in [1.165, 1.54) is 6.42 Å². The van der Waals surface area contributed by atoms with Gasteiger partial charge in [0.05, 0.1) is 0 Å². The molecule has 5 nitrogen and oxygen atoms in total. The molecule has 0 aromatic heterocycles. The first-order valence-electron chi connectivity index (χ1n) is 9.56. The van der Waals surface area contributed by atoms with Crippen LogP contribution in [-0.2, 0) is 9.59 Å². The largest absolute Gasteiger partial charge is 0.344 e. The maximum Gasteiger partial charge on any atom is 0.249 e. The Hall–Kier alpha value is -1.88. The Bertz CT molecular complexity index is 634. The average molecular weight is 341 g/mol. The van der Waals surface area contributed by atoms with Crippen LogP contribution in [0, 0.1) is 17.8 Å². The fourth-order valence-electron chi connectivity index (χ4n) is 4.97. The van der Waals surface area contributed by atoms with Crippen molar-refractivity contribution in [1.29, 1.82) is 0 Å². The van der Waals surface area contributed by atoms with Crippen LogP contribution in [0.15, 0.2) is 30.3 Å². The summed E-state index contributed by atoms with van der Waals surface area (Å²) >= 11 is 0. The number of carbonyl (C=O) groups is 2. The highest BCUT2D eigenvalue weighted by Crippen LogP contribution is 2.42. The van der Waals surface area contributed by atoms with Gasteiger partial charge in [-0.1, -0.05) is 24.6 Å². The van der Waals surface area contributed by atoms with Crippen LogP contribution in [0.2, 0.25) is 0 Å². The van der Waals surface area contributed by atoms with Crippen LogP contribution in [-0.4, -0.2) is 30.4 Å². The summed E-state index contributed by atoms with van der Waals surface area (Å²) in [5.74, 6) is 1.03. The van der Waals surface area contributed by atoms with E-state index in [1.54, 1.807) is 4.90 Å². The van der Waals surface area contributed by atoms with Crippen LogP contribution >= 0.6 is 0 Å². The number of hydrogen-bond donors (Lipinski definition) is 2. The van der Waals surface area contributed by atoms with E-state index in [-0.39, 0.29) is 29.8 Å². The number of hydrogen-bond acceptors (Lipinski definition) is 3. The lowest BCUT2D eigenvalue weighted by molar-refractivity contribution is -0.131. The lowest BCUT2D eigenvalue weighted by Gasteiger charge is -2.43. The maximum atomic E-state index is 12.8. The number of nitrogens with zero attached hydrogens (tertiary/aromatic N) is 1. The van der Waals surface area contributed by atoms with E-state index in [0.717, 1.165) is 31.4 Å². The summed E-state index contributed by atoms with van der Waals surface area (Å²) in [6.45, 7) is 0.661. The Kier molecular flexibility index (Phi) is 4.50. The predicted molar refractivity (Wildman–Crippen MR) is 96.9 cm³/mol. The second-order valence-electron chi connectivity index (χ2n) is 7.87. The minimum Gasteiger partial charge on any atom is -0.344 e. The molecule has 3 fully saturated rings. The highest BCUT2D eigenvalue weighted by Gasteiger charge is 2.42. The van der Waals surface area contributed by atoms with Gasteiger partial charge in [-0.05, 0) is 56.1 Å². The van der Waals surface area contributed by atoms with E-state index in [2.05, 4.69) is 5.32 Å². The molecule has 25 heavy (non-hydrogen) atoms. The number of nitrogens with two attached hydrogens (primary N) is 1. The van der Waals surface area contributed by atoms with Gasteiger partial charge in [0.1, 0.15) is 6.04 Å². The molecule has 4 rings (SSSR count). The van der Waals surface area contributed by atoms with Crippen molar-refractivity contribution in [2.24, 2.45) is 23.5 Å². The van der Waals surface area contributed by atoms with E-state index in [9.17, 15) is 9.59 Å². The van der Waals surface area contributed by atoms with Crippen molar-refractivity contribution in [1.82, 2.24) is 5.32 Å². The molecule has 1 saturated heterocycles. The Morgan fingerprint density at radius 3 is 2.44 bits per heavy atom. The second kappa shape index (κ2) is 6.79. The third-order valence-corrected chi connectivity index (χ3v) is 6.37. The number of amides is 2. The van der Waals surface area contributed by atoms with Gasteiger partial charge in [-0.2, -0.15) is 0 Å². The molecule has 1 heterocycles. The Balaban J connectivity index is 1.38. The van der Waals surface area contributed by atoms with Gasteiger partial charge < -0.3 is 16.0 Å². The number of para-hydroxylation sites is 1. The van der Waals surface area contributed by atoms with Gasteiger partial charge in [-0.15, -0.1) is 0 Å². The van der Waals surface area contributed by atoms with E-state index >= 15 is 0 Å². The van der Waals surface area contributed by atoms with Crippen molar-refractivity contribution in [2.45, 2.75) is 50.6 Å². The zero-order valence-electron chi connectivity index (χ0n) is 14.6. The van der Waals surface area contributed by atoms with E-state index in [1.807, 2.05) is 30.3 Å². The van der Waals surface area contributed by atoms with Crippen LogP contribution < -0.4 is 16.0 Å². The molecule has 2 aliphatic carbocycles. The summed E-state index contributed by atoms with van der Waals surface area (Å²) in [4.78, 5) is 27.2. The molecule has 2 bridgehead atoms. The van der Waals surface area contributed by atoms with Gasteiger partial charge in [0.25, 0.3) is 0 Å². The predicted octanol–water partition coefficient (Wildman–Crippen LogP) is 2.06. The highest BCUT2D eigenvalue weighted by atomic mass is 16.2. The van der Waals surface area contributed by atoms with Crippen molar-refractivity contribution in [3.8, 4) is 0 Å². The molecule has 3 N–H and O–H groups in total. The molecule has 134 valence electrons. The summed E-state index contributed by atoms with van der Waals surface area (Å²) in [5.41, 5.74) is 7.23. The molecular weight excluding hydrogens is 314 g/mol. The van der Waals surface area contributed by atoms with Crippen LogP contribution in [0.1, 0.15) is 38.5 Å². The Morgan fingerprint density at radius 2 is 1.76 bits per heavy atom. The Morgan fingerprint density at radius 1 is 1.08 bits per heavy atom. The molecule has 3 atom stereocenters. The van der Waals surface area contributed by atoms with Crippen LogP contribution in [0.4, 0.5) is 5.69 Å². The SMILES string of the molecule is NC1C2CCCC1CC(C(=O)NC1CCN(c3ccccc3)C1=O)C2. The van der Waals surface area contributed by atoms with Crippen molar-refractivity contribution in [2.75, 3.05) is 11.4 Å². The molecule has 1 aliphatic heterocycles. The second-order valence-corrected chi connectivity index (χ2v) is 7.87. The van der Waals surface area contributed by atoms with Crippen molar-refractivity contribution >= 4 is 17.5 Å². The summed E-state index contributed by atoms with van der Waals surface area (Å²) < 4.78 is 0. The topological polar surface area (TPSA) is 75.4 Å². The number of carbonyl (C=O) groups excluding carboxylic acids is 2. The van der Waals surface area contributed by atoms with Crippen LogP contribution in [0.5, 0.6) is 0 Å². The quantitative estimate of drug-likeness (QED) is 0.884. The molecule has 2 saturated carbocycles. The number of rotatable bonds is 3. The van der Waals surface area contributed by atoms with Crippen molar-refractivity contribution in [3.05, 3.63) is 30.3 Å². The molecule has 2 amide bonds. The van der Waals surface area contributed by atoms with Gasteiger partial charge in [-0.25, -0.2) is 0 Å². The maximum absolute atomic E-state index is 12.8. The van der Waals surface area contributed by atoms with Crippen molar-refractivity contribution in [3.63, 3.8) is 0 Å². The lowest BCUT2D eigenvalue weighted by atomic mass is 9.65. The summed E-state index contributed by atoms with van der Waals surface area (Å²) in [6, 6.07) is 9.55. The van der Waals surface area contributed by atoms with Gasteiger partial charge in [0.15, 0.2) is 0 Å². The molecule has 5 heteroatoms. The molecule has 1 aromatic rings. The molecule has 1 aromatic carbocycles. The van der Waals surface area contributed by atoms with Crippen LogP contribution in [0.3, 0.4) is 0 Å². The molecule has 3 aliphatic rings. The minimum absolute atomic E-state index is 0.00672. The first-order chi connectivity index (χ1) is 12.1. The van der Waals surface area contributed by atoms with Gasteiger partial charge in [0, 0.05) is 24.2 Å². The summed E-state index contributed by atoms with van der Waals surface area (Å²) in [5, 5.41) is 3.03. The molecular formula is C20H27N3O2. The summed E-state index contributed by atoms with van der Waals surface area (Å²) in [6.07, 6.45) is 5.97. The van der Waals surface area contributed by atoms with Crippen LogP contribution in [0.25, 0.3) is 0 Å². The first-order valence-corrected chi connectivity index (χ1v) is 9.56. The number of nitrogens with one attached hydrogen (secondary N) is 1. The Labute approximate surface area is 148 Å². The van der Waals surface area contributed by atoms with Gasteiger partial charge >= 0.3 is 0 Å². The zero-order chi connectivity index (χ0) is 17.4. The van der Waals surface area contributed by atoms with E-state index < -0.39 is 0 Å². The molecule has 0 spiro atoms. The standard InChI is InChI=1S/C20H27N3O2/c21-18-13-5-4-6-14(18)12-15(11-13)19(24)22-17-9-10-23(20(17)25)16-7-2-1-3-8-16/h1-3,7-8,13-15,17-18H,4-6,9-12,21H2,(H,22,24). The zero-order valence-corrected chi connectivity index (χ0v) is 14.6. The number of fused-ring (bicyclic) bond motifs is 2. The number of benzene rings is 1. The average Bonchev–Trinajstić information content (AvgIpc) is 2.96. The van der Waals surface area contributed by atoms with Gasteiger partial charge in [-0.3, -0.25) is 9.59 Å². The molecule has 0 radical (unpaired) electrons. The third kappa shape index (κ3) is 3.17. The first kappa shape index (κ1) is 16.6. The number of anilines is 1. The highest BCUT2D eigenvalue weighted by molar-refractivity contribution is 6.01. The fourth-order valence-corrected chi connectivity index (χ4v) is 4.97. The van der Waals surface area contributed by atoms with Crippen molar-refractivity contribution < 1.29 is 9.59 Å².